The van der Waals surface area contributed by atoms with Crippen LogP contribution in [0.15, 0.2) is 83.1 Å². The van der Waals surface area contributed by atoms with E-state index >= 15 is 0 Å². The summed E-state index contributed by atoms with van der Waals surface area (Å²) >= 11 is 1.54. The van der Waals surface area contributed by atoms with Gasteiger partial charge in [0, 0.05) is 48.3 Å². The lowest BCUT2D eigenvalue weighted by atomic mass is 10.2. The maximum atomic E-state index is 6.53. The molecule has 0 saturated carbocycles. The van der Waals surface area contributed by atoms with Crippen LogP contribution in [-0.4, -0.2) is 41.1 Å². The first-order chi connectivity index (χ1) is 14.8. The SMILES string of the molecule is Nc1c(Sc2cccc3cccnc23)ncnc1N1CCN(c2ccccc2)CC1. The maximum absolute atomic E-state index is 6.53. The summed E-state index contributed by atoms with van der Waals surface area (Å²) in [4.78, 5) is 19.2. The highest BCUT2D eigenvalue weighted by Gasteiger charge is 2.22. The molecule has 0 aliphatic carbocycles. The number of fused-ring (bicyclic) bond motifs is 1. The van der Waals surface area contributed by atoms with E-state index in [-0.39, 0.29) is 0 Å². The van der Waals surface area contributed by atoms with Gasteiger partial charge in [0.05, 0.1) is 5.52 Å². The first kappa shape index (κ1) is 18.7. The van der Waals surface area contributed by atoms with Gasteiger partial charge in [-0.3, -0.25) is 4.98 Å². The van der Waals surface area contributed by atoms with Crippen LogP contribution >= 0.6 is 11.8 Å². The number of rotatable bonds is 4. The normalized spacial score (nSPS) is 14.3. The zero-order chi connectivity index (χ0) is 20.3. The molecule has 2 N–H and O–H groups in total. The van der Waals surface area contributed by atoms with Crippen molar-refractivity contribution in [2.75, 3.05) is 41.7 Å². The highest BCUT2D eigenvalue weighted by molar-refractivity contribution is 7.99. The number of benzene rings is 2. The molecule has 0 atom stereocenters. The Bertz CT molecular complexity index is 1150. The molecule has 1 aliphatic rings. The third-order valence-electron chi connectivity index (χ3n) is 5.33. The van der Waals surface area contributed by atoms with E-state index in [1.807, 2.05) is 24.4 Å². The van der Waals surface area contributed by atoms with E-state index in [4.69, 9.17) is 5.73 Å². The Labute approximate surface area is 179 Å². The van der Waals surface area contributed by atoms with Gasteiger partial charge < -0.3 is 15.5 Å². The van der Waals surface area contributed by atoms with E-state index in [1.54, 1.807) is 18.1 Å². The highest BCUT2D eigenvalue weighted by atomic mass is 32.2. The van der Waals surface area contributed by atoms with Crippen LogP contribution in [0.2, 0.25) is 0 Å². The second kappa shape index (κ2) is 8.20. The summed E-state index contributed by atoms with van der Waals surface area (Å²) in [5, 5.41) is 1.87. The molecule has 0 bridgehead atoms. The standard InChI is InChI=1S/C23H22N6S/c24-20-22(29-14-12-28(13-15-29)18-8-2-1-3-9-18)26-16-27-23(20)30-19-10-4-6-17-7-5-11-25-21(17)19/h1-11,16H,12-15,24H2. The van der Waals surface area contributed by atoms with Crippen LogP contribution in [0.25, 0.3) is 10.9 Å². The average Bonchev–Trinajstić information content (AvgIpc) is 2.81. The number of piperazine rings is 1. The molecule has 2 aromatic heterocycles. The van der Waals surface area contributed by atoms with Gasteiger partial charge in [0.2, 0.25) is 0 Å². The maximum Gasteiger partial charge on any atom is 0.156 e. The molecular weight excluding hydrogens is 392 g/mol. The van der Waals surface area contributed by atoms with Crippen molar-refractivity contribution >= 4 is 39.9 Å². The number of nitrogens with two attached hydrogens (primary N) is 1. The van der Waals surface area contributed by atoms with E-state index in [0.717, 1.165) is 52.8 Å². The van der Waals surface area contributed by atoms with Crippen LogP contribution in [-0.2, 0) is 0 Å². The predicted octanol–water partition coefficient (Wildman–Crippen LogP) is 4.08. The van der Waals surface area contributed by atoms with Crippen molar-refractivity contribution in [1.82, 2.24) is 15.0 Å². The zero-order valence-corrected chi connectivity index (χ0v) is 17.3. The number of aromatic nitrogens is 3. The number of anilines is 3. The van der Waals surface area contributed by atoms with Gasteiger partial charge in [0.15, 0.2) is 5.82 Å². The monoisotopic (exact) mass is 414 g/mol. The Hall–Kier alpha value is -3.32. The zero-order valence-electron chi connectivity index (χ0n) is 16.5. The fraction of sp³-hybridized carbons (Fsp3) is 0.174. The third kappa shape index (κ3) is 3.64. The predicted molar refractivity (Wildman–Crippen MR) is 123 cm³/mol. The molecule has 6 nitrogen and oxygen atoms in total. The Morgan fingerprint density at radius 1 is 0.767 bits per heavy atom. The van der Waals surface area contributed by atoms with Gasteiger partial charge in [-0.15, -0.1) is 0 Å². The molecule has 2 aromatic carbocycles. The van der Waals surface area contributed by atoms with Crippen LogP contribution in [0.4, 0.5) is 17.2 Å². The molecule has 150 valence electrons. The summed E-state index contributed by atoms with van der Waals surface area (Å²) < 4.78 is 0. The average molecular weight is 415 g/mol. The van der Waals surface area contributed by atoms with Crippen molar-refractivity contribution in [3.8, 4) is 0 Å². The molecular formula is C23H22N6S. The lowest BCUT2D eigenvalue weighted by Crippen LogP contribution is -2.47. The minimum atomic E-state index is 0.628. The minimum absolute atomic E-state index is 0.628. The lowest BCUT2D eigenvalue weighted by molar-refractivity contribution is 0.646. The summed E-state index contributed by atoms with van der Waals surface area (Å²) in [5.74, 6) is 0.813. The molecule has 4 aromatic rings. The van der Waals surface area contributed by atoms with Crippen molar-refractivity contribution in [3.05, 3.63) is 73.2 Å². The number of pyridine rings is 1. The summed E-state index contributed by atoms with van der Waals surface area (Å²) in [7, 11) is 0. The van der Waals surface area contributed by atoms with Crippen molar-refractivity contribution in [3.63, 3.8) is 0 Å². The van der Waals surface area contributed by atoms with Crippen LogP contribution in [0.3, 0.4) is 0 Å². The van der Waals surface area contributed by atoms with E-state index in [9.17, 15) is 0 Å². The molecule has 0 unspecified atom stereocenters. The Morgan fingerprint density at radius 3 is 2.37 bits per heavy atom. The molecule has 1 fully saturated rings. The van der Waals surface area contributed by atoms with E-state index in [1.165, 1.54) is 5.69 Å². The Balaban J connectivity index is 1.36. The quantitative estimate of drug-likeness (QED) is 0.504. The molecule has 1 saturated heterocycles. The summed E-state index contributed by atoms with van der Waals surface area (Å²) in [5.41, 5.74) is 9.37. The van der Waals surface area contributed by atoms with Gasteiger partial charge >= 0.3 is 0 Å². The first-order valence-corrected chi connectivity index (χ1v) is 10.8. The van der Waals surface area contributed by atoms with Crippen molar-refractivity contribution in [1.29, 1.82) is 0 Å². The molecule has 3 heterocycles. The third-order valence-corrected chi connectivity index (χ3v) is 6.40. The molecule has 0 spiro atoms. The smallest absolute Gasteiger partial charge is 0.156 e. The van der Waals surface area contributed by atoms with E-state index in [0.29, 0.717) is 5.69 Å². The van der Waals surface area contributed by atoms with Gasteiger partial charge in [-0.1, -0.05) is 48.2 Å². The van der Waals surface area contributed by atoms with Gasteiger partial charge in [-0.05, 0) is 24.3 Å². The molecule has 0 amide bonds. The second-order valence-corrected chi connectivity index (χ2v) is 8.19. The number of para-hydroxylation sites is 2. The van der Waals surface area contributed by atoms with Crippen LogP contribution in [0, 0.1) is 0 Å². The molecule has 0 radical (unpaired) electrons. The number of hydrogen-bond acceptors (Lipinski definition) is 7. The Morgan fingerprint density at radius 2 is 1.53 bits per heavy atom. The van der Waals surface area contributed by atoms with Gasteiger partial charge in [-0.2, -0.15) is 0 Å². The summed E-state index contributed by atoms with van der Waals surface area (Å²) in [6, 6.07) is 20.7. The molecule has 30 heavy (non-hydrogen) atoms. The first-order valence-electron chi connectivity index (χ1n) is 9.96. The fourth-order valence-electron chi connectivity index (χ4n) is 3.78. The highest BCUT2D eigenvalue weighted by Crippen LogP contribution is 2.37. The van der Waals surface area contributed by atoms with Crippen molar-refractivity contribution < 1.29 is 0 Å². The number of nitrogen functional groups attached to an aromatic ring is 1. The van der Waals surface area contributed by atoms with Gasteiger partial charge in [0.25, 0.3) is 0 Å². The van der Waals surface area contributed by atoms with Crippen molar-refractivity contribution in [2.24, 2.45) is 0 Å². The molecule has 1 aliphatic heterocycles. The van der Waals surface area contributed by atoms with Crippen LogP contribution in [0.1, 0.15) is 0 Å². The summed E-state index contributed by atoms with van der Waals surface area (Å²) in [6.45, 7) is 3.61. The molecule has 5 rings (SSSR count). The largest absolute Gasteiger partial charge is 0.394 e. The molecule has 7 heteroatoms. The topological polar surface area (TPSA) is 71.2 Å². The van der Waals surface area contributed by atoms with Crippen LogP contribution < -0.4 is 15.5 Å². The summed E-state index contributed by atoms with van der Waals surface area (Å²) in [6.07, 6.45) is 3.42. The van der Waals surface area contributed by atoms with Gasteiger partial charge in [-0.25, -0.2) is 9.97 Å². The number of nitrogens with zero attached hydrogens (tertiary/aromatic N) is 5. The number of hydrogen-bond donors (Lipinski definition) is 1. The Kier molecular flexibility index (Phi) is 5.11. The van der Waals surface area contributed by atoms with Crippen LogP contribution in [0.5, 0.6) is 0 Å². The van der Waals surface area contributed by atoms with E-state index in [2.05, 4.69) is 67.2 Å². The second-order valence-electron chi connectivity index (χ2n) is 7.16. The fourth-order valence-corrected chi connectivity index (χ4v) is 4.71. The minimum Gasteiger partial charge on any atom is -0.394 e. The lowest BCUT2D eigenvalue weighted by Gasteiger charge is -2.37. The van der Waals surface area contributed by atoms with E-state index < -0.39 is 0 Å². The van der Waals surface area contributed by atoms with Crippen molar-refractivity contribution in [2.45, 2.75) is 9.92 Å². The van der Waals surface area contributed by atoms with Gasteiger partial charge in [0.1, 0.15) is 17.0 Å².